The summed E-state index contributed by atoms with van der Waals surface area (Å²) in [6.45, 7) is 1.36. The quantitative estimate of drug-likeness (QED) is 0.730. The van der Waals surface area contributed by atoms with Crippen LogP contribution < -0.4 is 5.32 Å². The molecule has 1 aromatic heterocycles. The Morgan fingerprint density at radius 3 is 2.95 bits per heavy atom. The molecule has 2 rings (SSSR count). The summed E-state index contributed by atoms with van der Waals surface area (Å²) in [5, 5.41) is 6.76. The van der Waals surface area contributed by atoms with E-state index in [0.29, 0.717) is 13.2 Å². The number of ether oxygens (including phenoxy) is 2. The van der Waals surface area contributed by atoms with Gasteiger partial charge in [0.2, 0.25) is 5.91 Å². The fraction of sp³-hybridized carbons (Fsp3) is 0.636. The van der Waals surface area contributed by atoms with E-state index in [1.54, 1.807) is 0 Å². The molecule has 0 unspecified atom stereocenters. The number of amides is 1. The van der Waals surface area contributed by atoms with Crippen molar-refractivity contribution in [3.8, 4) is 0 Å². The Kier molecular flexibility index (Phi) is 4.45. The summed E-state index contributed by atoms with van der Waals surface area (Å²) in [7, 11) is 1.25. The third-order valence-electron chi connectivity index (χ3n) is 2.80. The van der Waals surface area contributed by atoms with Crippen molar-refractivity contribution < 1.29 is 19.1 Å². The number of rotatable bonds is 4. The smallest absolute Gasteiger partial charge is 0.377 e. The largest absolute Gasteiger partial charge is 0.463 e. The summed E-state index contributed by atoms with van der Waals surface area (Å²) in [5.74, 6) is -0.835. The summed E-state index contributed by atoms with van der Waals surface area (Å²) in [4.78, 5) is 26.7. The molecule has 1 aliphatic rings. The number of carbonyl (C=O) groups excluding carboxylic acids is 2. The number of nitrogens with zero attached hydrogens (tertiary/aromatic N) is 3. The molecule has 104 valence electrons. The molecule has 1 N–H and O–H groups in total. The number of esters is 1. The van der Waals surface area contributed by atoms with Crippen molar-refractivity contribution in [1.82, 2.24) is 20.1 Å². The van der Waals surface area contributed by atoms with E-state index in [1.165, 1.54) is 18.1 Å². The van der Waals surface area contributed by atoms with Gasteiger partial charge in [0.05, 0.1) is 7.11 Å². The van der Waals surface area contributed by atoms with Crippen LogP contribution in [-0.2, 0) is 20.8 Å². The van der Waals surface area contributed by atoms with Crippen LogP contribution in [0.2, 0.25) is 0 Å². The first-order valence-electron chi connectivity index (χ1n) is 6.04. The van der Waals surface area contributed by atoms with Gasteiger partial charge in [0, 0.05) is 19.3 Å². The van der Waals surface area contributed by atoms with Crippen molar-refractivity contribution in [2.24, 2.45) is 0 Å². The molecular weight excluding hydrogens is 252 g/mol. The maximum Gasteiger partial charge on any atom is 0.377 e. The minimum Gasteiger partial charge on any atom is -0.463 e. The Bertz CT molecular complexity index is 453. The third kappa shape index (κ3) is 3.75. The zero-order chi connectivity index (χ0) is 13.7. The maximum absolute atomic E-state index is 11.8. The van der Waals surface area contributed by atoms with Crippen molar-refractivity contribution in [1.29, 1.82) is 0 Å². The molecule has 0 saturated carbocycles. The summed E-state index contributed by atoms with van der Waals surface area (Å²) < 4.78 is 11.0. The van der Waals surface area contributed by atoms with Gasteiger partial charge in [0.25, 0.3) is 5.82 Å². The number of nitrogens with one attached hydrogen (secondary N) is 1. The van der Waals surface area contributed by atoms with E-state index >= 15 is 0 Å². The first-order valence-corrected chi connectivity index (χ1v) is 6.04. The summed E-state index contributed by atoms with van der Waals surface area (Å²) in [6, 6.07) is 0.143. The van der Waals surface area contributed by atoms with Crippen LogP contribution in [-0.4, -0.2) is 53.0 Å². The lowest BCUT2D eigenvalue weighted by atomic mass is 10.1. The molecule has 0 bridgehead atoms. The van der Waals surface area contributed by atoms with Crippen LogP contribution in [0.4, 0.5) is 0 Å². The molecule has 1 fully saturated rings. The van der Waals surface area contributed by atoms with Gasteiger partial charge in [0.15, 0.2) is 0 Å². The van der Waals surface area contributed by atoms with Gasteiger partial charge in [-0.3, -0.25) is 4.79 Å². The van der Waals surface area contributed by atoms with E-state index in [-0.39, 0.29) is 24.3 Å². The highest BCUT2D eigenvalue weighted by atomic mass is 16.5. The average Bonchev–Trinajstić information content (AvgIpc) is 2.87. The molecule has 0 spiro atoms. The summed E-state index contributed by atoms with van der Waals surface area (Å²) >= 11 is 0. The zero-order valence-electron chi connectivity index (χ0n) is 10.7. The molecule has 1 saturated heterocycles. The Hall–Kier alpha value is -1.96. The van der Waals surface area contributed by atoms with E-state index in [1.807, 2.05) is 0 Å². The van der Waals surface area contributed by atoms with Gasteiger partial charge in [-0.05, 0) is 12.8 Å². The average molecular weight is 268 g/mol. The van der Waals surface area contributed by atoms with Gasteiger partial charge >= 0.3 is 5.97 Å². The number of aromatic nitrogens is 3. The molecule has 8 nitrogen and oxygen atoms in total. The Labute approximate surface area is 110 Å². The highest BCUT2D eigenvalue weighted by Crippen LogP contribution is 2.05. The molecule has 0 atom stereocenters. The second kappa shape index (κ2) is 6.28. The minimum atomic E-state index is -0.622. The second-order valence-corrected chi connectivity index (χ2v) is 4.21. The topological polar surface area (TPSA) is 95.3 Å². The van der Waals surface area contributed by atoms with E-state index in [9.17, 15) is 9.59 Å². The molecule has 1 aliphatic heterocycles. The first kappa shape index (κ1) is 13.5. The predicted molar refractivity (Wildman–Crippen MR) is 63.3 cm³/mol. The minimum absolute atomic E-state index is 0.0291. The molecule has 1 amide bonds. The van der Waals surface area contributed by atoms with Crippen LogP contribution in [0.15, 0.2) is 6.33 Å². The number of methoxy groups -OCH3 is 1. The van der Waals surface area contributed by atoms with Crippen LogP contribution in [0.25, 0.3) is 0 Å². The zero-order valence-corrected chi connectivity index (χ0v) is 10.7. The first-order chi connectivity index (χ1) is 9.19. The van der Waals surface area contributed by atoms with E-state index in [4.69, 9.17) is 4.74 Å². The Morgan fingerprint density at radius 2 is 2.26 bits per heavy atom. The number of carbonyl (C=O) groups is 2. The van der Waals surface area contributed by atoms with E-state index in [0.717, 1.165) is 12.8 Å². The van der Waals surface area contributed by atoms with E-state index < -0.39 is 5.97 Å². The molecule has 1 aromatic rings. The number of hydrogen-bond acceptors (Lipinski definition) is 6. The van der Waals surface area contributed by atoms with Gasteiger partial charge in [-0.15, -0.1) is 5.10 Å². The Balaban J connectivity index is 1.84. The lowest BCUT2D eigenvalue weighted by Crippen LogP contribution is -2.40. The fourth-order valence-corrected chi connectivity index (χ4v) is 1.82. The van der Waals surface area contributed by atoms with Gasteiger partial charge < -0.3 is 14.8 Å². The summed E-state index contributed by atoms with van der Waals surface area (Å²) in [6.07, 6.45) is 2.96. The standard InChI is InChI=1S/C11H16N4O4/c1-18-11(17)10-12-7-15(14-10)6-9(16)13-8-2-4-19-5-3-8/h7-8H,2-6H2,1H3,(H,13,16). The fourth-order valence-electron chi connectivity index (χ4n) is 1.82. The van der Waals surface area contributed by atoms with Gasteiger partial charge in [-0.25, -0.2) is 14.5 Å². The van der Waals surface area contributed by atoms with E-state index in [2.05, 4.69) is 20.1 Å². The third-order valence-corrected chi connectivity index (χ3v) is 2.80. The lowest BCUT2D eigenvalue weighted by molar-refractivity contribution is -0.123. The SMILES string of the molecule is COC(=O)c1ncn(CC(=O)NC2CCOCC2)n1. The van der Waals surface area contributed by atoms with Gasteiger partial charge in [0.1, 0.15) is 12.9 Å². The van der Waals surface area contributed by atoms with Crippen molar-refractivity contribution in [2.45, 2.75) is 25.4 Å². The highest BCUT2D eigenvalue weighted by molar-refractivity contribution is 5.84. The van der Waals surface area contributed by atoms with Gasteiger partial charge in [-0.2, -0.15) is 0 Å². The normalized spacial score (nSPS) is 16.1. The van der Waals surface area contributed by atoms with Crippen LogP contribution in [0.3, 0.4) is 0 Å². The van der Waals surface area contributed by atoms with Crippen molar-refractivity contribution in [2.75, 3.05) is 20.3 Å². The predicted octanol–water partition coefficient (Wildman–Crippen LogP) is -0.640. The van der Waals surface area contributed by atoms with Crippen molar-refractivity contribution >= 4 is 11.9 Å². The number of hydrogen-bond donors (Lipinski definition) is 1. The maximum atomic E-state index is 11.8. The molecule has 19 heavy (non-hydrogen) atoms. The lowest BCUT2D eigenvalue weighted by Gasteiger charge is -2.22. The molecule has 8 heteroatoms. The van der Waals surface area contributed by atoms with Crippen LogP contribution in [0, 0.1) is 0 Å². The second-order valence-electron chi connectivity index (χ2n) is 4.21. The van der Waals surface area contributed by atoms with Crippen molar-refractivity contribution in [3.63, 3.8) is 0 Å². The molecule has 2 heterocycles. The van der Waals surface area contributed by atoms with Crippen LogP contribution in [0.5, 0.6) is 0 Å². The molecule has 0 aromatic carbocycles. The van der Waals surface area contributed by atoms with Crippen LogP contribution >= 0.6 is 0 Å². The monoisotopic (exact) mass is 268 g/mol. The Morgan fingerprint density at radius 1 is 1.53 bits per heavy atom. The van der Waals surface area contributed by atoms with Crippen LogP contribution in [0.1, 0.15) is 23.5 Å². The van der Waals surface area contributed by atoms with Gasteiger partial charge in [-0.1, -0.05) is 0 Å². The van der Waals surface area contributed by atoms with Crippen molar-refractivity contribution in [3.05, 3.63) is 12.2 Å². The molecule has 0 aliphatic carbocycles. The molecular formula is C11H16N4O4. The highest BCUT2D eigenvalue weighted by Gasteiger charge is 2.17. The summed E-state index contributed by atoms with van der Waals surface area (Å²) in [5.41, 5.74) is 0. The molecule has 0 radical (unpaired) electrons.